The quantitative estimate of drug-likeness (QED) is 0.689. The number of carbonyl (C=O) groups excluding carboxylic acids is 1. The molecule has 1 nitrogen and oxygen atoms in total. The maximum absolute atomic E-state index is 12.2. The van der Waals surface area contributed by atoms with Gasteiger partial charge in [0.2, 0.25) is 0 Å². The summed E-state index contributed by atoms with van der Waals surface area (Å²) >= 11 is 5.15. The van der Waals surface area contributed by atoms with Gasteiger partial charge in [0.25, 0.3) is 0 Å². The number of Topliss-reactive ketones (excluding diaryl/α,β-unsaturated/α-hetero) is 1. The van der Waals surface area contributed by atoms with Crippen LogP contribution in [0.25, 0.3) is 10.1 Å². The van der Waals surface area contributed by atoms with Gasteiger partial charge in [0.05, 0.1) is 0 Å². The summed E-state index contributed by atoms with van der Waals surface area (Å²) in [7, 11) is 0. The van der Waals surface area contributed by atoms with E-state index in [1.54, 1.807) is 11.3 Å². The lowest BCUT2D eigenvalue weighted by Crippen LogP contribution is -2.12. The van der Waals surface area contributed by atoms with E-state index in [1.807, 2.05) is 23.6 Å². The van der Waals surface area contributed by atoms with Crippen molar-refractivity contribution < 1.29 is 4.79 Å². The van der Waals surface area contributed by atoms with Gasteiger partial charge in [-0.15, -0.1) is 11.3 Å². The minimum Gasteiger partial charge on any atom is -0.294 e. The fourth-order valence-electron chi connectivity index (χ4n) is 1.81. The van der Waals surface area contributed by atoms with Gasteiger partial charge in [-0.2, -0.15) is 0 Å². The van der Waals surface area contributed by atoms with Crippen LogP contribution in [-0.2, 0) is 0 Å². The highest BCUT2D eigenvalue weighted by atomic mass is 79.9. The molecule has 0 atom stereocenters. The smallest absolute Gasteiger partial charge is 0.164 e. The Morgan fingerprint density at radius 3 is 2.71 bits per heavy atom. The number of rotatable bonds is 2. The van der Waals surface area contributed by atoms with Crippen LogP contribution in [0.3, 0.4) is 0 Å². The second kappa shape index (κ2) is 4.54. The molecule has 3 heteroatoms. The van der Waals surface area contributed by atoms with E-state index in [0.29, 0.717) is 6.42 Å². The first-order valence-corrected chi connectivity index (χ1v) is 7.25. The largest absolute Gasteiger partial charge is 0.294 e. The summed E-state index contributed by atoms with van der Waals surface area (Å²) in [4.78, 5) is 12.2. The van der Waals surface area contributed by atoms with Crippen LogP contribution < -0.4 is 0 Å². The number of benzene rings is 1. The summed E-state index contributed by atoms with van der Waals surface area (Å²) in [5, 5.41) is 3.04. The molecular formula is C14H15BrOS. The van der Waals surface area contributed by atoms with E-state index in [9.17, 15) is 4.79 Å². The molecular weight excluding hydrogens is 296 g/mol. The highest BCUT2D eigenvalue weighted by Crippen LogP contribution is 2.34. The van der Waals surface area contributed by atoms with Crippen LogP contribution in [0.2, 0.25) is 0 Å². The Balaban J connectivity index is 2.43. The summed E-state index contributed by atoms with van der Waals surface area (Å²) in [5.41, 5.74) is 0.901. The molecule has 0 saturated carbocycles. The standard InChI is InChI=1S/C14H15BrOS/c1-14(2,3)7-12(16)10-8-17-13-9(10)5-4-6-11(13)15/h4-6,8H,7H2,1-3H3. The van der Waals surface area contributed by atoms with Crippen LogP contribution in [-0.4, -0.2) is 5.78 Å². The zero-order valence-electron chi connectivity index (χ0n) is 10.2. The Morgan fingerprint density at radius 2 is 2.06 bits per heavy atom. The van der Waals surface area contributed by atoms with Crippen LogP contribution in [0, 0.1) is 5.41 Å². The number of hydrogen-bond acceptors (Lipinski definition) is 2. The molecule has 90 valence electrons. The maximum atomic E-state index is 12.2. The van der Waals surface area contributed by atoms with E-state index < -0.39 is 0 Å². The van der Waals surface area contributed by atoms with E-state index in [-0.39, 0.29) is 11.2 Å². The predicted molar refractivity (Wildman–Crippen MR) is 77.9 cm³/mol. The Labute approximate surface area is 114 Å². The van der Waals surface area contributed by atoms with Gasteiger partial charge in [0.15, 0.2) is 5.78 Å². The van der Waals surface area contributed by atoms with Gasteiger partial charge >= 0.3 is 0 Å². The minimum atomic E-state index is 0.0390. The molecule has 1 aromatic heterocycles. The second-order valence-corrected chi connectivity index (χ2v) is 7.16. The molecule has 0 saturated heterocycles. The third-order valence-electron chi connectivity index (χ3n) is 2.54. The minimum absolute atomic E-state index is 0.0390. The number of thiophene rings is 1. The van der Waals surface area contributed by atoms with Crippen LogP contribution in [0.15, 0.2) is 28.1 Å². The molecule has 2 rings (SSSR count). The molecule has 1 aromatic carbocycles. The van der Waals surface area contributed by atoms with Crippen molar-refractivity contribution in [2.45, 2.75) is 27.2 Å². The molecule has 0 unspecified atom stereocenters. The van der Waals surface area contributed by atoms with Gasteiger partial charge in [0.1, 0.15) is 0 Å². The fourth-order valence-corrected chi connectivity index (χ4v) is 3.44. The number of carbonyl (C=O) groups is 1. The number of halogens is 1. The zero-order chi connectivity index (χ0) is 12.6. The van der Waals surface area contributed by atoms with Gasteiger partial charge in [-0.25, -0.2) is 0 Å². The molecule has 0 aliphatic heterocycles. The maximum Gasteiger partial charge on any atom is 0.164 e. The second-order valence-electron chi connectivity index (χ2n) is 5.43. The molecule has 0 bridgehead atoms. The van der Waals surface area contributed by atoms with E-state index in [1.165, 1.54) is 0 Å². The molecule has 17 heavy (non-hydrogen) atoms. The SMILES string of the molecule is CC(C)(C)CC(=O)c1csc2c(Br)cccc12. The van der Waals surface area contributed by atoms with Crippen molar-refractivity contribution in [2.24, 2.45) is 5.41 Å². The highest BCUT2D eigenvalue weighted by Gasteiger charge is 2.20. The van der Waals surface area contributed by atoms with Crippen molar-refractivity contribution in [3.05, 3.63) is 33.6 Å². The zero-order valence-corrected chi connectivity index (χ0v) is 12.6. The summed E-state index contributed by atoms with van der Waals surface area (Å²) < 4.78 is 2.22. The Bertz CT molecular complexity index is 563. The van der Waals surface area contributed by atoms with Crippen LogP contribution in [0.4, 0.5) is 0 Å². The number of ketones is 1. The summed E-state index contributed by atoms with van der Waals surface area (Å²) in [6.45, 7) is 6.28. The van der Waals surface area contributed by atoms with E-state index >= 15 is 0 Å². The predicted octanol–water partition coefficient (Wildman–Crippen LogP) is 5.28. The Morgan fingerprint density at radius 1 is 1.35 bits per heavy atom. The van der Waals surface area contributed by atoms with Gasteiger partial charge in [-0.05, 0) is 27.4 Å². The van der Waals surface area contributed by atoms with Gasteiger partial charge in [-0.3, -0.25) is 4.79 Å². The first kappa shape index (κ1) is 12.8. The van der Waals surface area contributed by atoms with Gasteiger partial charge < -0.3 is 0 Å². The first-order chi connectivity index (χ1) is 7.88. The van der Waals surface area contributed by atoms with Crippen LogP contribution in [0.1, 0.15) is 37.6 Å². The van der Waals surface area contributed by atoms with E-state index in [2.05, 4.69) is 36.7 Å². The molecule has 0 aliphatic rings. The molecule has 0 aliphatic carbocycles. The topological polar surface area (TPSA) is 17.1 Å². The van der Waals surface area contributed by atoms with Crippen molar-refractivity contribution in [3.8, 4) is 0 Å². The van der Waals surface area contributed by atoms with E-state index in [4.69, 9.17) is 0 Å². The molecule has 0 N–H and O–H groups in total. The number of fused-ring (bicyclic) bond motifs is 1. The lowest BCUT2D eigenvalue weighted by molar-refractivity contribution is 0.0942. The summed E-state index contributed by atoms with van der Waals surface area (Å²) in [6.07, 6.45) is 0.589. The fraction of sp³-hybridized carbons (Fsp3) is 0.357. The molecule has 0 fully saturated rings. The van der Waals surface area contributed by atoms with Crippen molar-refractivity contribution >= 4 is 43.1 Å². The average Bonchev–Trinajstić information content (AvgIpc) is 2.60. The summed E-state index contributed by atoms with van der Waals surface area (Å²) in [6, 6.07) is 6.01. The lowest BCUT2D eigenvalue weighted by Gasteiger charge is -2.16. The highest BCUT2D eigenvalue weighted by molar-refractivity contribution is 9.10. The van der Waals surface area contributed by atoms with E-state index in [0.717, 1.165) is 20.1 Å². The van der Waals surface area contributed by atoms with Crippen LogP contribution in [0.5, 0.6) is 0 Å². The molecule has 1 heterocycles. The monoisotopic (exact) mass is 310 g/mol. The first-order valence-electron chi connectivity index (χ1n) is 5.57. The van der Waals surface area contributed by atoms with Gasteiger partial charge in [0, 0.05) is 31.9 Å². The van der Waals surface area contributed by atoms with Crippen molar-refractivity contribution in [1.29, 1.82) is 0 Å². The van der Waals surface area contributed by atoms with Crippen molar-refractivity contribution in [2.75, 3.05) is 0 Å². The normalized spacial score (nSPS) is 12.0. The third kappa shape index (κ3) is 2.78. The third-order valence-corrected chi connectivity index (χ3v) is 4.50. The molecule has 0 amide bonds. The molecule has 2 aromatic rings. The van der Waals surface area contributed by atoms with Crippen molar-refractivity contribution in [3.63, 3.8) is 0 Å². The summed E-state index contributed by atoms with van der Waals surface area (Å²) in [5.74, 6) is 0.238. The van der Waals surface area contributed by atoms with Crippen LogP contribution >= 0.6 is 27.3 Å². The Hall–Kier alpha value is -0.670. The average molecular weight is 311 g/mol. The molecule has 0 spiro atoms. The Kier molecular flexibility index (Phi) is 3.41. The number of hydrogen-bond donors (Lipinski definition) is 0. The lowest BCUT2D eigenvalue weighted by atomic mass is 9.88. The molecule has 0 radical (unpaired) electrons. The van der Waals surface area contributed by atoms with Gasteiger partial charge in [-0.1, -0.05) is 32.9 Å². The van der Waals surface area contributed by atoms with Crippen molar-refractivity contribution in [1.82, 2.24) is 0 Å².